The van der Waals surface area contributed by atoms with Crippen molar-refractivity contribution in [2.45, 2.75) is 117 Å². The van der Waals surface area contributed by atoms with E-state index in [4.69, 9.17) is 9.47 Å². The quantitative estimate of drug-likeness (QED) is 0.0951. The molecule has 2 aromatic rings. The first-order valence-electron chi connectivity index (χ1n) is 16.7. The lowest BCUT2D eigenvalue weighted by molar-refractivity contribution is -0.122. The van der Waals surface area contributed by atoms with E-state index in [2.05, 4.69) is 10.6 Å². The summed E-state index contributed by atoms with van der Waals surface area (Å²) >= 11 is 0. The van der Waals surface area contributed by atoms with E-state index in [1.807, 2.05) is 27.7 Å². The van der Waals surface area contributed by atoms with E-state index in [1.54, 1.807) is 24.3 Å². The molecule has 0 fully saturated rings. The van der Waals surface area contributed by atoms with E-state index in [0.29, 0.717) is 76.0 Å². The number of hydrogen-bond donors (Lipinski definition) is 8. The van der Waals surface area contributed by atoms with Crippen LogP contribution in [0.1, 0.15) is 90.2 Å². The molecule has 0 spiro atoms. The molecule has 8 N–H and O–H groups in total. The van der Waals surface area contributed by atoms with Gasteiger partial charge < -0.3 is 50.7 Å². The number of aliphatic hydroxyl groups excluding tert-OH is 4. The predicted molar refractivity (Wildman–Crippen MR) is 184 cm³/mol. The third-order valence-electron chi connectivity index (χ3n) is 7.93. The Morgan fingerprint density at radius 2 is 0.979 bits per heavy atom. The van der Waals surface area contributed by atoms with Gasteiger partial charge in [-0.15, -0.1) is 0 Å². The zero-order chi connectivity index (χ0) is 36.2. The first-order chi connectivity index (χ1) is 22.7. The summed E-state index contributed by atoms with van der Waals surface area (Å²) in [6, 6.07) is 9.87. The number of nitrogens with one attached hydrogen (secondary N) is 2. The summed E-state index contributed by atoms with van der Waals surface area (Å²) in [5, 5.41) is 63.7. The molecule has 2 rings (SSSR count). The summed E-state index contributed by atoms with van der Waals surface area (Å²) in [6.45, 7) is 8.17. The minimum absolute atomic E-state index is 0.0191. The van der Waals surface area contributed by atoms with Crippen molar-refractivity contribution in [2.24, 2.45) is 11.8 Å². The van der Waals surface area contributed by atoms with Gasteiger partial charge in [0.15, 0.2) is 23.0 Å². The number of aromatic hydroxyl groups is 2. The lowest BCUT2D eigenvalue weighted by Gasteiger charge is -2.20. The number of amides is 2. The summed E-state index contributed by atoms with van der Waals surface area (Å²) in [5.41, 5.74) is 1.68. The van der Waals surface area contributed by atoms with Crippen LogP contribution in [0.5, 0.6) is 23.0 Å². The van der Waals surface area contributed by atoms with E-state index in [0.717, 1.165) is 11.1 Å². The molecular formula is C36H58N2O10. The van der Waals surface area contributed by atoms with Gasteiger partial charge in [-0.25, -0.2) is 0 Å². The third-order valence-corrected chi connectivity index (χ3v) is 7.93. The second-order valence-electron chi connectivity index (χ2n) is 12.7. The van der Waals surface area contributed by atoms with Crippen molar-refractivity contribution in [3.8, 4) is 23.0 Å². The van der Waals surface area contributed by atoms with Crippen LogP contribution in [0.2, 0.25) is 0 Å². The molecule has 4 atom stereocenters. The fourth-order valence-corrected chi connectivity index (χ4v) is 4.75. The van der Waals surface area contributed by atoms with Gasteiger partial charge in [-0.1, -0.05) is 52.7 Å². The molecule has 48 heavy (non-hydrogen) atoms. The van der Waals surface area contributed by atoms with E-state index < -0.39 is 24.4 Å². The average Bonchev–Trinajstić information content (AvgIpc) is 3.06. The molecule has 0 radical (unpaired) electrons. The molecule has 0 saturated heterocycles. The second kappa shape index (κ2) is 22.9. The molecule has 0 aromatic heterocycles. The van der Waals surface area contributed by atoms with E-state index in [-0.39, 0.29) is 35.1 Å². The van der Waals surface area contributed by atoms with Crippen LogP contribution in [0.15, 0.2) is 36.4 Å². The number of unbranched alkanes of at least 4 members (excludes halogenated alkanes) is 2. The van der Waals surface area contributed by atoms with Gasteiger partial charge in [0.2, 0.25) is 11.8 Å². The summed E-state index contributed by atoms with van der Waals surface area (Å²) < 4.78 is 10.0. The van der Waals surface area contributed by atoms with Gasteiger partial charge in [0.05, 0.1) is 38.6 Å². The highest BCUT2D eigenvalue weighted by molar-refractivity contribution is 5.76. The van der Waals surface area contributed by atoms with E-state index in [9.17, 15) is 40.2 Å². The van der Waals surface area contributed by atoms with Crippen molar-refractivity contribution in [3.63, 3.8) is 0 Å². The Bertz CT molecular complexity index is 1130. The lowest BCUT2D eigenvalue weighted by Crippen LogP contribution is -2.30. The SMILES string of the molecule is COc1cc(CNC(=O)CCCC[C@@H](O)[C@H](O)C(C)C)ccc1O.COc1cc(CNC(=O)CCCC[C@H](O)[C@@H](O)C(C)C)ccc1O. The number of hydrogen-bond acceptors (Lipinski definition) is 10. The molecule has 0 aliphatic heterocycles. The fraction of sp³-hybridized carbons (Fsp3) is 0.611. The van der Waals surface area contributed by atoms with Gasteiger partial charge in [0.1, 0.15) is 0 Å². The zero-order valence-corrected chi connectivity index (χ0v) is 29.3. The Morgan fingerprint density at radius 3 is 1.29 bits per heavy atom. The Balaban J connectivity index is 0.000000480. The standard InChI is InChI=1S/2C18H29NO5/c2*1-12(2)18(23)15(21)6-4-5-7-17(22)19-11-13-8-9-14(20)16(10-13)24-3/h2*8-10,12,15,18,20-21,23H,4-7,11H2,1-3H3,(H,19,22)/t2*15-,18-/m10/s1. The minimum atomic E-state index is -0.738. The molecule has 272 valence electrons. The Hall–Kier alpha value is -3.58. The van der Waals surface area contributed by atoms with Crippen molar-refractivity contribution in [3.05, 3.63) is 47.5 Å². The fourth-order valence-electron chi connectivity index (χ4n) is 4.75. The molecule has 2 amide bonds. The largest absolute Gasteiger partial charge is 0.504 e. The van der Waals surface area contributed by atoms with Gasteiger partial charge in [-0.2, -0.15) is 0 Å². The van der Waals surface area contributed by atoms with Crippen LogP contribution in [-0.2, 0) is 22.7 Å². The summed E-state index contributed by atoms with van der Waals surface area (Å²) in [5.74, 6) is 0.779. The van der Waals surface area contributed by atoms with E-state index >= 15 is 0 Å². The van der Waals surface area contributed by atoms with Gasteiger partial charge in [0, 0.05) is 25.9 Å². The summed E-state index contributed by atoms with van der Waals surface area (Å²) in [4.78, 5) is 23.6. The monoisotopic (exact) mass is 678 g/mol. The predicted octanol–water partition coefficient (Wildman–Crippen LogP) is 3.91. The van der Waals surface area contributed by atoms with Gasteiger partial charge in [-0.3, -0.25) is 9.59 Å². The molecule has 0 unspecified atom stereocenters. The van der Waals surface area contributed by atoms with Gasteiger partial charge in [0.25, 0.3) is 0 Å². The molecular weight excluding hydrogens is 620 g/mol. The number of aliphatic hydroxyl groups is 4. The molecule has 0 aliphatic carbocycles. The van der Waals surface area contributed by atoms with Crippen LogP contribution >= 0.6 is 0 Å². The average molecular weight is 679 g/mol. The number of carbonyl (C=O) groups is 2. The minimum Gasteiger partial charge on any atom is -0.504 e. The number of ether oxygens (including phenoxy) is 2. The summed E-state index contributed by atoms with van der Waals surface area (Å²) in [6.07, 6.45) is 1.50. The summed E-state index contributed by atoms with van der Waals surface area (Å²) in [7, 11) is 2.95. The first-order valence-corrected chi connectivity index (χ1v) is 16.7. The maximum atomic E-state index is 11.8. The van der Waals surface area contributed by atoms with Crippen LogP contribution in [0, 0.1) is 11.8 Å². The highest BCUT2D eigenvalue weighted by Gasteiger charge is 2.20. The van der Waals surface area contributed by atoms with Crippen LogP contribution in [0.25, 0.3) is 0 Å². The smallest absolute Gasteiger partial charge is 0.220 e. The number of methoxy groups -OCH3 is 2. The van der Waals surface area contributed by atoms with Crippen LogP contribution in [-0.4, -0.2) is 81.1 Å². The molecule has 12 nitrogen and oxygen atoms in total. The molecule has 0 heterocycles. The molecule has 12 heteroatoms. The Kier molecular flexibility index (Phi) is 20.2. The number of carbonyl (C=O) groups excluding carboxylic acids is 2. The van der Waals surface area contributed by atoms with Gasteiger partial charge >= 0.3 is 0 Å². The highest BCUT2D eigenvalue weighted by Crippen LogP contribution is 2.27. The molecule has 0 saturated carbocycles. The van der Waals surface area contributed by atoms with E-state index in [1.165, 1.54) is 26.4 Å². The van der Waals surface area contributed by atoms with Crippen molar-refractivity contribution in [2.75, 3.05) is 14.2 Å². The van der Waals surface area contributed by atoms with Crippen molar-refractivity contribution >= 4 is 11.8 Å². The zero-order valence-electron chi connectivity index (χ0n) is 29.3. The number of rotatable bonds is 20. The molecule has 2 aromatic carbocycles. The number of benzene rings is 2. The maximum absolute atomic E-state index is 11.8. The van der Waals surface area contributed by atoms with Crippen LogP contribution in [0.3, 0.4) is 0 Å². The maximum Gasteiger partial charge on any atom is 0.220 e. The van der Waals surface area contributed by atoms with Crippen molar-refractivity contribution in [1.82, 2.24) is 10.6 Å². The van der Waals surface area contributed by atoms with Crippen molar-refractivity contribution < 1.29 is 49.7 Å². The second-order valence-corrected chi connectivity index (χ2v) is 12.7. The van der Waals surface area contributed by atoms with Gasteiger partial charge in [-0.05, 0) is 72.9 Å². The Morgan fingerprint density at radius 1 is 0.625 bits per heavy atom. The number of phenols is 2. The highest BCUT2D eigenvalue weighted by atomic mass is 16.5. The number of phenolic OH excluding ortho intramolecular Hbond substituents is 2. The normalized spacial score (nSPS) is 13.6. The third kappa shape index (κ3) is 16.5. The topological polar surface area (TPSA) is 198 Å². The Labute approximate surface area is 285 Å². The van der Waals surface area contributed by atoms with Crippen LogP contribution in [0.4, 0.5) is 0 Å². The molecule has 0 bridgehead atoms. The first kappa shape index (κ1) is 42.4. The van der Waals surface area contributed by atoms with Crippen LogP contribution < -0.4 is 20.1 Å². The lowest BCUT2D eigenvalue weighted by atomic mass is 9.97. The van der Waals surface area contributed by atoms with Crippen molar-refractivity contribution in [1.29, 1.82) is 0 Å². The molecule has 0 aliphatic rings.